The maximum absolute atomic E-state index is 15.4. The molecular formula is C54H36Br2F12O3. The van der Waals surface area contributed by atoms with Gasteiger partial charge in [0.1, 0.15) is 11.5 Å². The van der Waals surface area contributed by atoms with Gasteiger partial charge in [0, 0.05) is 43.7 Å². The Hall–Kier alpha value is -5.88. The van der Waals surface area contributed by atoms with Crippen molar-refractivity contribution in [3.63, 3.8) is 0 Å². The van der Waals surface area contributed by atoms with Crippen molar-refractivity contribution < 1.29 is 66.9 Å². The van der Waals surface area contributed by atoms with E-state index in [1.165, 1.54) is 84.9 Å². The molecule has 0 aromatic heterocycles. The van der Waals surface area contributed by atoms with Crippen LogP contribution in [0, 0.1) is 0 Å². The van der Waals surface area contributed by atoms with E-state index in [0.29, 0.717) is 33.7 Å². The highest BCUT2D eigenvalue weighted by atomic mass is 79.9. The molecule has 3 nitrogen and oxygen atoms in total. The first kappa shape index (κ1) is 51.5. The van der Waals surface area contributed by atoms with Crippen molar-refractivity contribution in [2.75, 3.05) is 0 Å². The molecule has 0 saturated carbocycles. The van der Waals surface area contributed by atoms with Crippen molar-refractivity contribution in [1.82, 2.24) is 0 Å². The molecule has 0 radical (unpaired) electrons. The van der Waals surface area contributed by atoms with Gasteiger partial charge in [-0.2, -0.15) is 52.7 Å². The summed E-state index contributed by atoms with van der Waals surface area (Å²) in [6, 6.07) is 39.5. The van der Waals surface area contributed by atoms with Gasteiger partial charge < -0.3 is 14.2 Å². The third kappa shape index (κ3) is 10.2. The van der Waals surface area contributed by atoms with E-state index >= 15 is 52.7 Å². The molecule has 17 heteroatoms. The Morgan fingerprint density at radius 2 is 0.676 bits per heavy atom. The quantitative estimate of drug-likeness (QED) is 0.102. The summed E-state index contributed by atoms with van der Waals surface area (Å²) in [4.78, 5) is 0. The predicted octanol–water partition coefficient (Wildman–Crippen LogP) is 17.6. The van der Waals surface area contributed by atoms with Gasteiger partial charge in [-0.25, -0.2) is 0 Å². The van der Waals surface area contributed by atoms with Crippen molar-refractivity contribution in [2.45, 2.75) is 62.0 Å². The van der Waals surface area contributed by atoms with E-state index in [9.17, 15) is 0 Å². The van der Waals surface area contributed by atoms with E-state index in [0.717, 1.165) is 12.1 Å². The number of halogens is 14. The van der Waals surface area contributed by atoms with Crippen LogP contribution in [0.5, 0.6) is 11.5 Å². The first-order valence-electron chi connectivity index (χ1n) is 21.4. The van der Waals surface area contributed by atoms with Crippen molar-refractivity contribution in [2.24, 2.45) is 0 Å². The monoisotopic (exact) mass is 1120 g/mol. The Bertz CT molecular complexity index is 2930. The van der Waals surface area contributed by atoms with E-state index in [1.54, 1.807) is 60.7 Å². The highest BCUT2D eigenvalue weighted by molar-refractivity contribution is 9.10. The third-order valence-corrected chi connectivity index (χ3v) is 13.0. The lowest BCUT2D eigenvalue weighted by Gasteiger charge is -2.39. The second-order valence-corrected chi connectivity index (χ2v) is 18.3. The van der Waals surface area contributed by atoms with E-state index in [-0.39, 0.29) is 42.7 Å². The molecule has 0 N–H and O–H groups in total. The van der Waals surface area contributed by atoms with Gasteiger partial charge in [-0.3, -0.25) is 0 Å². The largest absolute Gasteiger partial charge is 0.455 e. The normalized spacial score (nSPS) is 13.0. The van der Waals surface area contributed by atoms with Crippen LogP contribution in [-0.2, 0) is 46.7 Å². The maximum Gasteiger partial charge on any atom is 0.430 e. The molecule has 0 heterocycles. The fourth-order valence-electron chi connectivity index (χ4n) is 8.62. The Morgan fingerprint density at radius 3 is 1.03 bits per heavy atom. The molecule has 8 aromatic carbocycles. The van der Waals surface area contributed by atoms with E-state index in [1.807, 2.05) is 0 Å². The van der Waals surface area contributed by atoms with Crippen LogP contribution >= 0.6 is 31.9 Å². The summed E-state index contributed by atoms with van der Waals surface area (Å²) < 4.78 is 202. The van der Waals surface area contributed by atoms with Gasteiger partial charge >= 0.3 is 24.7 Å². The number of fused-ring (bicyclic) bond motifs is 2. The van der Waals surface area contributed by atoms with Crippen LogP contribution in [0.3, 0.4) is 0 Å². The summed E-state index contributed by atoms with van der Waals surface area (Å²) >= 11 is 6.13. The smallest absolute Gasteiger partial charge is 0.430 e. The molecule has 0 fully saturated rings. The average Bonchev–Trinajstić information content (AvgIpc) is 3.31. The number of benzene rings is 8. The number of alkyl halides is 12. The lowest BCUT2D eigenvalue weighted by atomic mass is 9.85. The SMILES string of the molecule is FC(F)(F)C(OCc1ccccc1)(c1cc(Br)ccc1Cc1ccc2ccccc2c1Oc1c(Cc2ccc(Br)cc2C(OCc2ccccc2)(C(F)(F)F)C(F)(F)F)ccc2ccccc12)C(F)(F)F. The van der Waals surface area contributed by atoms with Gasteiger partial charge in [-0.15, -0.1) is 0 Å². The zero-order chi connectivity index (χ0) is 51.0. The fraction of sp³-hybridized carbons (Fsp3) is 0.185. The lowest BCUT2D eigenvalue weighted by molar-refractivity contribution is -0.393. The summed E-state index contributed by atoms with van der Waals surface area (Å²) in [5.41, 5.74) is -12.9. The highest BCUT2D eigenvalue weighted by Crippen LogP contribution is 2.57. The molecule has 0 aliphatic rings. The minimum Gasteiger partial charge on any atom is -0.455 e. The zero-order valence-electron chi connectivity index (χ0n) is 36.5. The van der Waals surface area contributed by atoms with Gasteiger partial charge in [0.2, 0.25) is 0 Å². The zero-order valence-corrected chi connectivity index (χ0v) is 39.7. The number of ether oxygens (including phenoxy) is 3. The summed E-state index contributed by atoms with van der Waals surface area (Å²) in [6.45, 7) is -2.15. The van der Waals surface area contributed by atoms with Gasteiger partial charge in [0.05, 0.1) is 13.2 Å². The molecule has 0 bridgehead atoms. The number of hydrogen-bond donors (Lipinski definition) is 0. The number of rotatable bonds is 14. The van der Waals surface area contributed by atoms with Crippen LogP contribution in [0.1, 0.15) is 44.5 Å². The molecule has 8 rings (SSSR count). The Labute approximate surface area is 415 Å². The van der Waals surface area contributed by atoms with Gasteiger partial charge in [-0.1, -0.05) is 177 Å². The van der Waals surface area contributed by atoms with E-state index in [4.69, 9.17) is 14.2 Å². The Kier molecular flexibility index (Phi) is 14.5. The Balaban J connectivity index is 1.30. The molecule has 0 saturated heterocycles. The molecule has 0 spiro atoms. The standard InChI is InChI=1S/C54H36Br2F12O3/c55-41-25-23-37(45(29-41)49(51(57,58)59,52(60,61)62)69-31-33-11-3-1-4-12-33)27-39-21-19-35-15-7-9-17-43(35)47(39)71-48-40(22-20-36-16-8-10-18-44(36)48)28-38-24-26-42(56)30-46(38)50(53(63,64)65,54(66,67)68)70-32-34-13-5-2-6-14-34/h1-26,29-30H,27-28,31-32H2. The third-order valence-electron chi connectivity index (χ3n) is 12.0. The Morgan fingerprint density at radius 1 is 0.352 bits per heavy atom. The second-order valence-electron chi connectivity index (χ2n) is 16.5. The summed E-state index contributed by atoms with van der Waals surface area (Å²) in [7, 11) is 0. The molecule has 0 aliphatic carbocycles. The topological polar surface area (TPSA) is 27.7 Å². The lowest BCUT2D eigenvalue weighted by Crippen LogP contribution is -2.56. The summed E-state index contributed by atoms with van der Waals surface area (Å²) in [6.07, 6.45) is -25.5. The van der Waals surface area contributed by atoms with Gasteiger partial charge in [0.25, 0.3) is 11.2 Å². The van der Waals surface area contributed by atoms with Crippen LogP contribution in [0.15, 0.2) is 179 Å². The molecule has 0 amide bonds. The first-order chi connectivity index (χ1) is 33.5. The van der Waals surface area contributed by atoms with Crippen LogP contribution in [-0.4, -0.2) is 24.7 Å². The minimum atomic E-state index is -6.07. The molecular weight excluding hydrogens is 1080 g/mol. The number of hydrogen-bond acceptors (Lipinski definition) is 3. The molecule has 368 valence electrons. The highest BCUT2D eigenvalue weighted by Gasteiger charge is 2.75. The van der Waals surface area contributed by atoms with Crippen LogP contribution in [0.25, 0.3) is 21.5 Å². The summed E-state index contributed by atoms with van der Waals surface area (Å²) in [5, 5.41) is 1.68. The van der Waals surface area contributed by atoms with E-state index < -0.39 is 84.2 Å². The van der Waals surface area contributed by atoms with Crippen LogP contribution in [0.4, 0.5) is 52.7 Å². The molecule has 0 aliphatic heterocycles. The van der Waals surface area contributed by atoms with Crippen LogP contribution in [0.2, 0.25) is 0 Å². The van der Waals surface area contributed by atoms with Crippen molar-refractivity contribution in [1.29, 1.82) is 0 Å². The van der Waals surface area contributed by atoms with Crippen molar-refractivity contribution >= 4 is 53.4 Å². The minimum absolute atomic E-state index is 0.0375. The van der Waals surface area contributed by atoms with Gasteiger partial charge in [-0.05, 0) is 68.4 Å². The molecule has 8 aromatic rings. The van der Waals surface area contributed by atoms with Gasteiger partial charge in [0.15, 0.2) is 0 Å². The molecule has 0 unspecified atom stereocenters. The van der Waals surface area contributed by atoms with E-state index in [2.05, 4.69) is 31.9 Å². The van der Waals surface area contributed by atoms with Crippen molar-refractivity contribution in [3.05, 3.63) is 223 Å². The van der Waals surface area contributed by atoms with Crippen LogP contribution < -0.4 is 4.74 Å². The average molecular weight is 1120 g/mol. The fourth-order valence-corrected chi connectivity index (χ4v) is 9.34. The summed E-state index contributed by atoms with van der Waals surface area (Å²) in [5.74, 6) is -0.127. The van der Waals surface area contributed by atoms with Crippen molar-refractivity contribution in [3.8, 4) is 11.5 Å². The first-order valence-corrected chi connectivity index (χ1v) is 23.0. The molecule has 71 heavy (non-hydrogen) atoms. The maximum atomic E-state index is 15.4. The molecule has 0 atom stereocenters. The predicted molar refractivity (Wildman–Crippen MR) is 252 cm³/mol. The second kappa shape index (κ2) is 20.0.